The molecule has 130 valence electrons. The Kier molecular flexibility index (Phi) is 6.03. The quantitative estimate of drug-likeness (QED) is 0.613. The molecule has 0 aromatic carbocycles. The number of nitrogens with two attached hydrogens (primary N) is 1. The minimum Gasteiger partial charge on any atom is -0.471 e. The fraction of sp³-hybridized carbons (Fsp3) is 0.412. The molecular formula is C17H22F2N4O. The van der Waals surface area contributed by atoms with Gasteiger partial charge in [0, 0.05) is 44.0 Å². The van der Waals surface area contributed by atoms with E-state index in [4.69, 9.17) is 10.5 Å². The molecule has 0 amide bonds. The van der Waals surface area contributed by atoms with Crippen molar-refractivity contribution in [2.24, 2.45) is 10.7 Å². The number of aromatic nitrogens is 1. The smallest absolute Gasteiger partial charge is 0.272 e. The van der Waals surface area contributed by atoms with Gasteiger partial charge in [0.1, 0.15) is 5.84 Å². The summed E-state index contributed by atoms with van der Waals surface area (Å²) < 4.78 is 29.4. The lowest BCUT2D eigenvalue weighted by atomic mass is 10.1. The zero-order valence-electron chi connectivity index (χ0n) is 13.9. The number of nitrogens with zero attached hydrogens (tertiary/aromatic N) is 3. The first-order valence-corrected chi connectivity index (χ1v) is 7.60. The molecule has 0 aliphatic carbocycles. The van der Waals surface area contributed by atoms with Crippen LogP contribution in [0.3, 0.4) is 0 Å². The number of ether oxygens (including phenoxy) is 1. The minimum absolute atomic E-state index is 0.244. The number of rotatable bonds is 7. The van der Waals surface area contributed by atoms with E-state index in [1.807, 2.05) is 6.07 Å². The van der Waals surface area contributed by atoms with Crippen LogP contribution in [-0.2, 0) is 6.54 Å². The number of pyridine rings is 1. The van der Waals surface area contributed by atoms with Gasteiger partial charge in [-0.15, -0.1) is 0 Å². The molecule has 1 aromatic heterocycles. The van der Waals surface area contributed by atoms with E-state index in [1.54, 1.807) is 26.2 Å². The van der Waals surface area contributed by atoms with Crippen molar-refractivity contribution in [3.63, 3.8) is 0 Å². The molecule has 0 fully saturated rings. The van der Waals surface area contributed by atoms with Gasteiger partial charge in [-0.2, -0.15) is 0 Å². The van der Waals surface area contributed by atoms with Crippen molar-refractivity contribution in [2.45, 2.75) is 19.9 Å². The molecule has 1 aliphatic heterocycles. The molecule has 24 heavy (non-hydrogen) atoms. The number of alkyl halides is 2. The summed E-state index contributed by atoms with van der Waals surface area (Å²) in [5, 5.41) is 0. The molecule has 0 unspecified atom stereocenters. The third kappa shape index (κ3) is 4.38. The highest BCUT2D eigenvalue weighted by Gasteiger charge is 2.22. The van der Waals surface area contributed by atoms with Gasteiger partial charge >= 0.3 is 0 Å². The summed E-state index contributed by atoms with van der Waals surface area (Å²) in [6.07, 6.45) is 0.942. The Morgan fingerprint density at radius 2 is 2.29 bits per heavy atom. The first-order valence-electron chi connectivity index (χ1n) is 7.60. The fourth-order valence-electron chi connectivity index (χ4n) is 2.66. The van der Waals surface area contributed by atoms with Crippen molar-refractivity contribution < 1.29 is 13.5 Å². The van der Waals surface area contributed by atoms with Crippen molar-refractivity contribution in [1.82, 2.24) is 9.88 Å². The van der Waals surface area contributed by atoms with Crippen molar-refractivity contribution >= 4 is 5.84 Å². The number of aryl methyl sites for hydroxylation is 1. The highest BCUT2D eigenvalue weighted by Crippen LogP contribution is 2.22. The van der Waals surface area contributed by atoms with Crippen molar-refractivity contribution in [3.05, 3.63) is 47.2 Å². The monoisotopic (exact) mass is 336 g/mol. The Bertz CT molecular complexity index is 671. The maximum Gasteiger partial charge on any atom is 0.272 e. The van der Waals surface area contributed by atoms with Gasteiger partial charge in [0.2, 0.25) is 5.88 Å². The minimum atomic E-state index is -2.51. The average molecular weight is 336 g/mol. The topological polar surface area (TPSA) is 63.7 Å². The molecule has 0 saturated carbocycles. The predicted molar refractivity (Wildman–Crippen MR) is 90.5 cm³/mol. The van der Waals surface area contributed by atoms with Crippen LogP contribution in [0.2, 0.25) is 0 Å². The molecular weight excluding hydrogens is 314 g/mol. The van der Waals surface area contributed by atoms with Crippen LogP contribution in [0, 0.1) is 6.92 Å². The van der Waals surface area contributed by atoms with Crippen molar-refractivity contribution in [2.75, 3.05) is 26.7 Å². The Morgan fingerprint density at radius 1 is 1.54 bits per heavy atom. The highest BCUT2D eigenvalue weighted by molar-refractivity contribution is 5.99. The van der Waals surface area contributed by atoms with Crippen LogP contribution in [0.4, 0.5) is 8.78 Å². The van der Waals surface area contributed by atoms with Gasteiger partial charge in [0.25, 0.3) is 6.43 Å². The molecule has 0 spiro atoms. The van der Waals surface area contributed by atoms with Crippen LogP contribution in [0.1, 0.15) is 11.1 Å². The second-order valence-corrected chi connectivity index (χ2v) is 5.63. The summed E-state index contributed by atoms with van der Waals surface area (Å²) in [5.74, 6) is 0.769. The zero-order chi connectivity index (χ0) is 17.7. The van der Waals surface area contributed by atoms with Crippen LogP contribution >= 0.6 is 0 Å². The summed E-state index contributed by atoms with van der Waals surface area (Å²) in [6.45, 7) is 7.06. The summed E-state index contributed by atoms with van der Waals surface area (Å²) in [6, 6.07) is 1.90. The summed E-state index contributed by atoms with van der Waals surface area (Å²) in [4.78, 5) is 10.4. The average Bonchev–Trinajstić information content (AvgIpc) is 2.96. The first kappa shape index (κ1) is 18.1. The SMILES string of the molecule is C=CC1=C(C(N)=NC)CN(Cc2cnc(OCC(F)F)c(C)c2)C1. The predicted octanol–water partition coefficient (Wildman–Crippen LogP) is 2.32. The molecule has 1 aromatic rings. The summed E-state index contributed by atoms with van der Waals surface area (Å²) in [7, 11) is 1.66. The molecule has 0 bridgehead atoms. The van der Waals surface area contributed by atoms with Gasteiger partial charge in [0.15, 0.2) is 6.61 Å². The van der Waals surface area contributed by atoms with E-state index in [0.29, 0.717) is 18.9 Å². The van der Waals surface area contributed by atoms with Gasteiger partial charge in [-0.3, -0.25) is 9.89 Å². The van der Waals surface area contributed by atoms with Crippen molar-refractivity contribution in [1.29, 1.82) is 0 Å². The van der Waals surface area contributed by atoms with Gasteiger partial charge in [0.05, 0.1) is 0 Å². The van der Waals surface area contributed by atoms with E-state index >= 15 is 0 Å². The lowest BCUT2D eigenvalue weighted by Crippen LogP contribution is -2.24. The molecule has 0 saturated heterocycles. The van der Waals surface area contributed by atoms with Gasteiger partial charge in [-0.1, -0.05) is 12.7 Å². The Labute approximate surface area is 140 Å². The van der Waals surface area contributed by atoms with Crippen molar-refractivity contribution in [3.8, 4) is 5.88 Å². The van der Waals surface area contributed by atoms with E-state index in [2.05, 4.69) is 21.5 Å². The van der Waals surface area contributed by atoms with Crippen LogP contribution in [0.5, 0.6) is 5.88 Å². The molecule has 0 radical (unpaired) electrons. The van der Waals surface area contributed by atoms with Gasteiger partial charge in [-0.25, -0.2) is 13.8 Å². The molecule has 2 rings (SSSR count). The van der Waals surface area contributed by atoms with Crippen LogP contribution in [-0.4, -0.2) is 48.9 Å². The standard InChI is InChI=1S/C17H22F2N4O/c1-4-13-8-23(9-14(13)16(20)21-3)7-12-5-11(2)17(22-6-12)24-10-15(18)19/h4-6,15H,1,7-10H2,2-3H3,(H2,20,21). The first-order chi connectivity index (χ1) is 11.4. The van der Waals surface area contributed by atoms with Gasteiger partial charge < -0.3 is 10.5 Å². The van der Waals surface area contributed by atoms with E-state index in [0.717, 1.165) is 28.8 Å². The fourth-order valence-corrected chi connectivity index (χ4v) is 2.66. The molecule has 1 aliphatic rings. The van der Waals surface area contributed by atoms with Crippen LogP contribution in [0.25, 0.3) is 0 Å². The second kappa shape index (κ2) is 8.01. The van der Waals surface area contributed by atoms with Crippen LogP contribution < -0.4 is 10.5 Å². The van der Waals surface area contributed by atoms with Crippen LogP contribution in [0.15, 0.2) is 41.1 Å². The Morgan fingerprint density at radius 3 is 2.88 bits per heavy atom. The molecule has 2 heterocycles. The molecule has 5 nitrogen and oxygen atoms in total. The normalized spacial score (nSPS) is 16.1. The number of hydrogen-bond acceptors (Lipinski definition) is 4. The Hall–Kier alpha value is -2.28. The number of aliphatic imine (C=N–C) groups is 1. The largest absolute Gasteiger partial charge is 0.471 e. The molecule has 2 N–H and O–H groups in total. The lowest BCUT2D eigenvalue weighted by molar-refractivity contribution is 0.0792. The zero-order valence-corrected chi connectivity index (χ0v) is 13.9. The van der Waals surface area contributed by atoms with Gasteiger partial charge in [-0.05, 0) is 24.1 Å². The van der Waals surface area contributed by atoms with E-state index in [-0.39, 0.29) is 5.88 Å². The molecule has 0 atom stereocenters. The number of hydrogen-bond donors (Lipinski definition) is 1. The third-order valence-electron chi connectivity index (χ3n) is 3.80. The maximum absolute atomic E-state index is 12.2. The summed E-state index contributed by atoms with van der Waals surface area (Å²) >= 11 is 0. The molecule has 7 heteroatoms. The Balaban J connectivity index is 2.03. The highest BCUT2D eigenvalue weighted by atomic mass is 19.3. The summed E-state index contributed by atoms with van der Waals surface area (Å²) in [5.41, 5.74) is 9.71. The van der Waals surface area contributed by atoms with E-state index < -0.39 is 13.0 Å². The number of amidine groups is 1. The maximum atomic E-state index is 12.2. The van der Waals surface area contributed by atoms with E-state index in [9.17, 15) is 8.78 Å². The third-order valence-corrected chi connectivity index (χ3v) is 3.80. The second-order valence-electron chi connectivity index (χ2n) is 5.63. The number of halogens is 2. The van der Waals surface area contributed by atoms with E-state index in [1.165, 1.54) is 0 Å². The lowest BCUT2D eigenvalue weighted by Gasteiger charge is -2.17.